The predicted octanol–water partition coefficient (Wildman–Crippen LogP) is 4.10. The van der Waals surface area contributed by atoms with Crippen LogP contribution < -0.4 is 5.43 Å². The maximum atomic E-state index is 12.2. The molecule has 0 radical (unpaired) electrons. The van der Waals surface area contributed by atoms with Crippen molar-refractivity contribution in [3.05, 3.63) is 74.3 Å². The third-order valence-corrected chi connectivity index (χ3v) is 3.71. The summed E-state index contributed by atoms with van der Waals surface area (Å²) in [5, 5.41) is 15.6. The zero-order chi connectivity index (χ0) is 17.7. The summed E-state index contributed by atoms with van der Waals surface area (Å²) in [4.78, 5) is 22.5. The molecule has 24 heavy (non-hydrogen) atoms. The van der Waals surface area contributed by atoms with Gasteiger partial charge in [-0.25, -0.2) is 5.43 Å². The largest absolute Gasteiger partial charge is 0.272 e. The van der Waals surface area contributed by atoms with Crippen LogP contribution in [-0.4, -0.2) is 16.5 Å². The van der Waals surface area contributed by atoms with Gasteiger partial charge in [-0.1, -0.05) is 30.7 Å². The number of hydrogen-bond donors (Lipinski definition) is 1. The molecule has 2 aromatic rings. The van der Waals surface area contributed by atoms with Gasteiger partial charge in [-0.05, 0) is 43.2 Å². The quantitative estimate of drug-likeness (QED) is 0.503. The van der Waals surface area contributed by atoms with Crippen molar-refractivity contribution in [3.8, 4) is 0 Å². The number of nitro groups is 1. The molecule has 0 spiro atoms. The molecule has 6 nitrogen and oxygen atoms in total. The second-order valence-corrected chi connectivity index (χ2v) is 5.55. The van der Waals surface area contributed by atoms with Gasteiger partial charge in [0.25, 0.3) is 11.6 Å². The fraction of sp³-hybridized carbons (Fsp3) is 0.176. The molecule has 1 N–H and O–H groups in total. The van der Waals surface area contributed by atoms with E-state index in [0.717, 1.165) is 5.56 Å². The zero-order valence-corrected chi connectivity index (χ0v) is 14.0. The van der Waals surface area contributed by atoms with Gasteiger partial charge in [-0.3, -0.25) is 14.9 Å². The van der Waals surface area contributed by atoms with Crippen LogP contribution in [-0.2, 0) is 0 Å². The molecule has 1 amide bonds. The second kappa shape index (κ2) is 7.70. The lowest BCUT2D eigenvalue weighted by atomic mass is 10.1. The fourth-order valence-corrected chi connectivity index (χ4v) is 2.30. The summed E-state index contributed by atoms with van der Waals surface area (Å²) in [6.07, 6.45) is 0.626. The monoisotopic (exact) mass is 345 g/mol. The topological polar surface area (TPSA) is 84.6 Å². The van der Waals surface area contributed by atoms with Gasteiger partial charge in [0, 0.05) is 22.2 Å². The first-order chi connectivity index (χ1) is 11.4. The second-order valence-electron chi connectivity index (χ2n) is 5.12. The SMILES string of the molecule is CCC(=NNC(=O)c1ccc([N+](=O)[O-])c(C)c1)c1ccc(Cl)cc1. The molecule has 7 heteroatoms. The molecule has 0 aliphatic rings. The van der Waals surface area contributed by atoms with Gasteiger partial charge in [0.1, 0.15) is 0 Å². The molecule has 0 saturated heterocycles. The third kappa shape index (κ3) is 4.17. The van der Waals surface area contributed by atoms with Crippen LogP contribution in [0, 0.1) is 17.0 Å². The standard InChI is InChI=1S/C17H16ClN3O3/c1-3-15(12-4-7-14(18)8-5-12)19-20-17(22)13-6-9-16(21(23)24)11(2)10-13/h4-10H,3H2,1-2H3,(H,20,22). The van der Waals surface area contributed by atoms with Crippen LogP contribution in [0.2, 0.25) is 5.02 Å². The van der Waals surface area contributed by atoms with E-state index in [4.69, 9.17) is 11.6 Å². The number of carbonyl (C=O) groups is 1. The average Bonchev–Trinajstić information content (AvgIpc) is 2.56. The minimum atomic E-state index is -0.481. The van der Waals surface area contributed by atoms with Gasteiger partial charge in [0.2, 0.25) is 0 Å². The van der Waals surface area contributed by atoms with Crippen LogP contribution in [0.25, 0.3) is 0 Å². The maximum Gasteiger partial charge on any atom is 0.272 e. The Morgan fingerprint density at radius 3 is 2.38 bits per heavy atom. The zero-order valence-electron chi connectivity index (χ0n) is 13.2. The minimum Gasteiger partial charge on any atom is -0.267 e. The Bertz CT molecular complexity index is 801. The van der Waals surface area contributed by atoms with Crippen molar-refractivity contribution < 1.29 is 9.72 Å². The van der Waals surface area contributed by atoms with Crippen LogP contribution in [0.4, 0.5) is 5.69 Å². The lowest BCUT2D eigenvalue weighted by Crippen LogP contribution is -2.20. The van der Waals surface area contributed by atoms with E-state index in [1.807, 2.05) is 19.1 Å². The molecule has 2 rings (SSSR count). The molecule has 0 bridgehead atoms. The third-order valence-electron chi connectivity index (χ3n) is 3.46. The Morgan fingerprint density at radius 2 is 1.83 bits per heavy atom. The highest BCUT2D eigenvalue weighted by atomic mass is 35.5. The van der Waals surface area contributed by atoms with E-state index in [0.29, 0.717) is 28.3 Å². The summed E-state index contributed by atoms with van der Waals surface area (Å²) in [7, 11) is 0. The van der Waals surface area contributed by atoms with Gasteiger partial charge >= 0.3 is 0 Å². The average molecular weight is 346 g/mol. The summed E-state index contributed by atoms with van der Waals surface area (Å²) in [5.74, 6) is -0.423. The van der Waals surface area contributed by atoms with Gasteiger partial charge in [-0.15, -0.1) is 0 Å². The van der Waals surface area contributed by atoms with Gasteiger partial charge in [0.05, 0.1) is 10.6 Å². The van der Waals surface area contributed by atoms with Crippen LogP contribution in [0.3, 0.4) is 0 Å². The Labute approximate surface area is 144 Å². The van der Waals surface area contributed by atoms with E-state index in [1.54, 1.807) is 19.1 Å². The number of hydrazone groups is 1. The van der Waals surface area contributed by atoms with E-state index in [2.05, 4.69) is 10.5 Å². The van der Waals surface area contributed by atoms with Crippen LogP contribution in [0.1, 0.15) is 34.8 Å². The number of nitrogens with one attached hydrogen (secondary N) is 1. The summed E-state index contributed by atoms with van der Waals surface area (Å²) in [6, 6.07) is 11.3. The minimum absolute atomic E-state index is 0.0227. The van der Waals surface area contributed by atoms with Crippen molar-refractivity contribution >= 4 is 28.9 Å². The molecule has 0 atom stereocenters. The number of nitrogens with zero attached hydrogens (tertiary/aromatic N) is 2. The highest BCUT2D eigenvalue weighted by Crippen LogP contribution is 2.18. The number of carbonyl (C=O) groups excluding carboxylic acids is 1. The number of hydrogen-bond acceptors (Lipinski definition) is 4. The van der Waals surface area contributed by atoms with E-state index in [9.17, 15) is 14.9 Å². The molecule has 124 valence electrons. The highest BCUT2D eigenvalue weighted by molar-refractivity contribution is 6.30. The van der Waals surface area contributed by atoms with Gasteiger partial charge < -0.3 is 0 Å². The van der Waals surface area contributed by atoms with Crippen LogP contribution >= 0.6 is 11.6 Å². The van der Waals surface area contributed by atoms with E-state index in [1.165, 1.54) is 18.2 Å². The predicted molar refractivity (Wildman–Crippen MR) is 93.6 cm³/mol. The molecule has 0 unspecified atom stereocenters. The van der Waals surface area contributed by atoms with Gasteiger partial charge in [0.15, 0.2) is 0 Å². The Kier molecular flexibility index (Phi) is 5.65. The van der Waals surface area contributed by atoms with E-state index in [-0.39, 0.29) is 5.69 Å². The Morgan fingerprint density at radius 1 is 1.21 bits per heavy atom. The fourth-order valence-electron chi connectivity index (χ4n) is 2.17. The van der Waals surface area contributed by atoms with Crippen LogP contribution in [0.15, 0.2) is 47.6 Å². The molecular formula is C17H16ClN3O3. The first-order valence-corrected chi connectivity index (χ1v) is 7.68. The van der Waals surface area contributed by atoms with Crippen molar-refractivity contribution in [2.45, 2.75) is 20.3 Å². The summed E-state index contributed by atoms with van der Waals surface area (Å²) in [6.45, 7) is 3.51. The normalized spacial score (nSPS) is 11.2. The smallest absolute Gasteiger partial charge is 0.267 e. The molecule has 0 aliphatic carbocycles. The number of amides is 1. The van der Waals surface area contributed by atoms with Crippen molar-refractivity contribution in [3.63, 3.8) is 0 Å². The molecule has 0 fully saturated rings. The number of rotatable bonds is 5. The van der Waals surface area contributed by atoms with Crippen molar-refractivity contribution in [2.75, 3.05) is 0 Å². The van der Waals surface area contributed by atoms with E-state index < -0.39 is 10.8 Å². The summed E-state index contributed by atoms with van der Waals surface area (Å²) in [5.41, 5.74) is 4.77. The van der Waals surface area contributed by atoms with E-state index >= 15 is 0 Å². The van der Waals surface area contributed by atoms with Gasteiger partial charge in [-0.2, -0.15) is 5.10 Å². The molecule has 0 saturated carbocycles. The lowest BCUT2D eigenvalue weighted by Gasteiger charge is -2.06. The van der Waals surface area contributed by atoms with Crippen molar-refractivity contribution in [2.24, 2.45) is 5.10 Å². The molecule has 0 aromatic heterocycles. The number of benzene rings is 2. The van der Waals surface area contributed by atoms with Crippen molar-refractivity contribution in [1.82, 2.24) is 5.43 Å². The maximum absolute atomic E-state index is 12.2. The molecule has 0 aliphatic heterocycles. The molecular weight excluding hydrogens is 330 g/mol. The molecule has 2 aromatic carbocycles. The highest BCUT2D eigenvalue weighted by Gasteiger charge is 2.13. The first kappa shape index (κ1) is 17.6. The number of aryl methyl sites for hydroxylation is 1. The van der Waals surface area contributed by atoms with Crippen molar-refractivity contribution in [1.29, 1.82) is 0 Å². The lowest BCUT2D eigenvalue weighted by molar-refractivity contribution is -0.385. The Balaban J connectivity index is 2.17. The number of nitro benzene ring substituents is 1. The first-order valence-electron chi connectivity index (χ1n) is 7.30. The summed E-state index contributed by atoms with van der Waals surface area (Å²) >= 11 is 5.86. The van der Waals surface area contributed by atoms with Crippen LogP contribution in [0.5, 0.6) is 0 Å². The number of halogens is 1. The molecule has 0 heterocycles. The Hall–Kier alpha value is -2.73. The summed E-state index contributed by atoms with van der Waals surface area (Å²) < 4.78 is 0.